The fourth-order valence-electron chi connectivity index (χ4n) is 3.44. The summed E-state index contributed by atoms with van der Waals surface area (Å²) < 4.78 is 19.1. The number of imide groups is 2. The van der Waals surface area contributed by atoms with Crippen molar-refractivity contribution >= 4 is 52.8 Å². The topological polar surface area (TPSA) is 105 Å². The second-order valence-electron chi connectivity index (χ2n) is 7.80. The molecule has 1 aliphatic heterocycles. The summed E-state index contributed by atoms with van der Waals surface area (Å²) in [5, 5.41) is 4.66. The van der Waals surface area contributed by atoms with Gasteiger partial charge < -0.3 is 10.1 Å². The minimum Gasteiger partial charge on any atom is -0.482 e. The zero-order valence-electron chi connectivity index (χ0n) is 18.9. The number of nitrogens with one attached hydrogen (secondary N) is 2. The summed E-state index contributed by atoms with van der Waals surface area (Å²) in [5.41, 5.74) is 1.31. The number of amides is 5. The highest BCUT2D eigenvalue weighted by molar-refractivity contribution is 6.39. The quantitative estimate of drug-likeness (QED) is 0.378. The van der Waals surface area contributed by atoms with Crippen LogP contribution in [0.4, 0.5) is 20.6 Å². The number of carbonyl (C=O) groups is 4. The van der Waals surface area contributed by atoms with E-state index in [2.05, 4.69) is 10.6 Å². The van der Waals surface area contributed by atoms with Gasteiger partial charge in [-0.25, -0.2) is 14.1 Å². The van der Waals surface area contributed by atoms with Crippen LogP contribution in [0.15, 0.2) is 72.3 Å². The average molecular weight is 508 g/mol. The third-order valence-electron chi connectivity index (χ3n) is 5.14. The van der Waals surface area contributed by atoms with Crippen LogP contribution in [0.3, 0.4) is 0 Å². The predicted molar refractivity (Wildman–Crippen MR) is 132 cm³/mol. The SMILES string of the molecule is Cc1cccc(N2C(=O)NC(=O)/C(=C\c3ccc(OCC(=O)Nc4ccccc4F)c(Cl)c3)C2=O)c1. The van der Waals surface area contributed by atoms with Gasteiger partial charge in [0.2, 0.25) is 0 Å². The van der Waals surface area contributed by atoms with Crippen LogP contribution in [0.2, 0.25) is 5.02 Å². The third kappa shape index (κ3) is 5.42. The van der Waals surface area contributed by atoms with Crippen molar-refractivity contribution in [3.63, 3.8) is 0 Å². The number of carbonyl (C=O) groups excluding carboxylic acids is 4. The van der Waals surface area contributed by atoms with Gasteiger partial charge in [0.15, 0.2) is 6.61 Å². The molecule has 0 saturated carbocycles. The number of rotatable bonds is 6. The lowest BCUT2D eigenvalue weighted by Crippen LogP contribution is -2.54. The van der Waals surface area contributed by atoms with Crippen molar-refractivity contribution in [2.45, 2.75) is 6.92 Å². The number of barbiturate groups is 1. The highest BCUT2D eigenvalue weighted by Gasteiger charge is 2.36. The Kier molecular flexibility index (Phi) is 7.12. The minimum atomic E-state index is -0.844. The average Bonchev–Trinajstić information content (AvgIpc) is 2.82. The van der Waals surface area contributed by atoms with E-state index in [4.69, 9.17) is 16.3 Å². The molecule has 1 heterocycles. The number of ether oxygens (including phenoxy) is 1. The van der Waals surface area contributed by atoms with Gasteiger partial charge in [0.25, 0.3) is 17.7 Å². The summed E-state index contributed by atoms with van der Waals surface area (Å²) in [4.78, 5) is 50.7. The maximum Gasteiger partial charge on any atom is 0.335 e. The van der Waals surface area contributed by atoms with E-state index in [-0.39, 0.29) is 22.0 Å². The third-order valence-corrected chi connectivity index (χ3v) is 5.43. The number of benzene rings is 3. The van der Waals surface area contributed by atoms with Crippen LogP contribution in [0.25, 0.3) is 6.08 Å². The molecule has 2 N–H and O–H groups in total. The second-order valence-corrected chi connectivity index (χ2v) is 8.21. The Labute approximate surface area is 210 Å². The van der Waals surface area contributed by atoms with Gasteiger partial charge in [0.1, 0.15) is 17.1 Å². The van der Waals surface area contributed by atoms with Crippen LogP contribution in [-0.4, -0.2) is 30.4 Å². The van der Waals surface area contributed by atoms with E-state index in [0.29, 0.717) is 11.3 Å². The molecule has 10 heteroatoms. The molecule has 0 radical (unpaired) electrons. The number of hydrogen-bond acceptors (Lipinski definition) is 5. The lowest BCUT2D eigenvalue weighted by Gasteiger charge is -2.26. The molecule has 5 amide bonds. The molecule has 0 aliphatic carbocycles. The zero-order chi connectivity index (χ0) is 25.8. The smallest absolute Gasteiger partial charge is 0.335 e. The minimum absolute atomic E-state index is 0.0211. The fraction of sp³-hybridized carbons (Fsp3) is 0.0769. The molecule has 0 unspecified atom stereocenters. The first-order valence-electron chi connectivity index (χ1n) is 10.7. The summed E-state index contributed by atoms with van der Waals surface area (Å²) in [7, 11) is 0. The largest absolute Gasteiger partial charge is 0.482 e. The lowest BCUT2D eigenvalue weighted by molar-refractivity contribution is -0.122. The molecule has 0 bridgehead atoms. The first kappa shape index (κ1) is 24.6. The van der Waals surface area contributed by atoms with Gasteiger partial charge in [-0.15, -0.1) is 0 Å². The van der Waals surface area contributed by atoms with E-state index in [1.54, 1.807) is 24.3 Å². The van der Waals surface area contributed by atoms with Crippen LogP contribution in [0, 0.1) is 12.7 Å². The van der Waals surface area contributed by atoms with Crippen LogP contribution in [0.1, 0.15) is 11.1 Å². The van der Waals surface area contributed by atoms with Gasteiger partial charge in [0.05, 0.1) is 16.4 Å². The fourth-order valence-corrected chi connectivity index (χ4v) is 3.69. The summed E-state index contributed by atoms with van der Waals surface area (Å²) in [6, 6.07) is 16.0. The molecule has 4 rings (SSSR count). The lowest BCUT2D eigenvalue weighted by atomic mass is 10.1. The molecule has 1 saturated heterocycles. The van der Waals surface area contributed by atoms with Crippen molar-refractivity contribution in [1.82, 2.24) is 5.32 Å². The zero-order valence-corrected chi connectivity index (χ0v) is 19.6. The van der Waals surface area contributed by atoms with Gasteiger partial charge in [-0.3, -0.25) is 19.7 Å². The first-order valence-corrected chi connectivity index (χ1v) is 11.1. The molecule has 0 atom stereocenters. The number of anilines is 2. The number of urea groups is 1. The molecular weight excluding hydrogens is 489 g/mol. The number of para-hydroxylation sites is 1. The van der Waals surface area contributed by atoms with Crippen molar-refractivity contribution in [2.75, 3.05) is 16.8 Å². The summed E-state index contributed by atoms with van der Waals surface area (Å²) in [5.74, 6) is -2.62. The number of halogens is 2. The van der Waals surface area contributed by atoms with Crippen molar-refractivity contribution in [1.29, 1.82) is 0 Å². The van der Waals surface area contributed by atoms with Crippen LogP contribution >= 0.6 is 11.6 Å². The van der Waals surface area contributed by atoms with Crippen molar-refractivity contribution in [2.24, 2.45) is 0 Å². The highest BCUT2D eigenvalue weighted by Crippen LogP contribution is 2.28. The normalized spacial score (nSPS) is 14.6. The van der Waals surface area contributed by atoms with E-state index in [1.165, 1.54) is 42.5 Å². The number of nitrogens with zero attached hydrogens (tertiary/aromatic N) is 1. The second kappa shape index (κ2) is 10.4. The van der Waals surface area contributed by atoms with Crippen LogP contribution < -0.4 is 20.3 Å². The number of aryl methyl sites for hydroxylation is 1. The van der Waals surface area contributed by atoms with Crippen molar-refractivity contribution < 1.29 is 28.3 Å². The molecule has 0 spiro atoms. The molecule has 3 aromatic carbocycles. The Morgan fingerprint density at radius 1 is 1.08 bits per heavy atom. The standard InChI is InChI=1S/C26H19ClFN3O5/c1-15-5-4-6-17(11-15)31-25(34)18(24(33)30-26(31)35)12-16-9-10-22(19(27)13-16)36-14-23(32)29-21-8-3-2-7-20(21)28/h2-13H,14H2,1H3,(H,29,32)(H,30,33,35)/b18-12+. The summed E-state index contributed by atoms with van der Waals surface area (Å²) in [6.45, 7) is 1.38. The highest BCUT2D eigenvalue weighted by atomic mass is 35.5. The van der Waals surface area contributed by atoms with Crippen LogP contribution in [0.5, 0.6) is 5.75 Å². The Morgan fingerprint density at radius 3 is 2.58 bits per heavy atom. The molecular formula is C26H19ClFN3O5. The molecule has 3 aromatic rings. The van der Waals surface area contributed by atoms with E-state index in [9.17, 15) is 23.6 Å². The molecule has 0 aromatic heterocycles. The van der Waals surface area contributed by atoms with Gasteiger partial charge >= 0.3 is 6.03 Å². The van der Waals surface area contributed by atoms with E-state index in [0.717, 1.165) is 10.5 Å². The molecule has 36 heavy (non-hydrogen) atoms. The monoisotopic (exact) mass is 507 g/mol. The summed E-state index contributed by atoms with van der Waals surface area (Å²) >= 11 is 6.26. The Balaban J connectivity index is 1.48. The van der Waals surface area contributed by atoms with Gasteiger partial charge in [-0.1, -0.05) is 41.9 Å². The van der Waals surface area contributed by atoms with Gasteiger partial charge in [-0.2, -0.15) is 0 Å². The molecule has 8 nitrogen and oxygen atoms in total. The van der Waals surface area contributed by atoms with Gasteiger partial charge in [0, 0.05) is 0 Å². The van der Waals surface area contributed by atoms with E-state index < -0.39 is 36.2 Å². The van der Waals surface area contributed by atoms with E-state index in [1.807, 2.05) is 13.0 Å². The Hall–Kier alpha value is -4.50. The van der Waals surface area contributed by atoms with Crippen LogP contribution in [-0.2, 0) is 14.4 Å². The summed E-state index contributed by atoms with van der Waals surface area (Å²) in [6.07, 6.45) is 1.30. The maximum absolute atomic E-state index is 13.7. The maximum atomic E-state index is 13.7. The van der Waals surface area contributed by atoms with Crippen molar-refractivity contribution in [3.05, 3.63) is 94.3 Å². The van der Waals surface area contributed by atoms with Crippen molar-refractivity contribution in [3.8, 4) is 5.75 Å². The number of hydrogen-bond donors (Lipinski definition) is 2. The Bertz CT molecular complexity index is 1420. The molecule has 182 valence electrons. The molecule has 1 fully saturated rings. The first-order chi connectivity index (χ1) is 17.2. The van der Waals surface area contributed by atoms with Gasteiger partial charge in [-0.05, 0) is 60.5 Å². The molecule has 1 aliphatic rings. The predicted octanol–water partition coefficient (Wildman–Crippen LogP) is 4.47. The Morgan fingerprint density at radius 2 is 1.86 bits per heavy atom. The van der Waals surface area contributed by atoms with E-state index >= 15 is 0 Å².